The molecule has 0 spiro atoms. The molecule has 1 unspecified atom stereocenters. The number of anilines is 1. The number of carbonyl (C=O) groups excluding carboxylic acids is 2. The normalized spacial score (nSPS) is 12.0. The third-order valence-electron chi connectivity index (χ3n) is 3.61. The maximum absolute atomic E-state index is 12.4. The monoisotopic (exact) mass is 359 g/mol. The van der Waals surface area contributed by atoms with E-state index in [4.69, 9.17) is 14.1 Å². The highest BCUT2D eigenvalue weighted by Crippen LogP contribution is 2.15. The van der Waals surface area contributed by atoms with Crippen LogP contribution in [0.5, 0.6) is 0 Å². The Labute approximate surface area is 148 Å². The van der Waals surface area contributed by atoms with Gasteiger partial charge in [-0.3, -0.25) is 4.79 Å². The van der Waals surface area contributed by atoms with Crippen molar-refractivity contribution in [3.8, 4) is 0 Å². The molecular weight excluding hydrogens is 342 g/mol. The molecule has 1 amide bonds. The summed E-state index contributed by atoms with van der Waals surface area (Å²) in [4.78, 5) is 30.8. The fourth-order valence-electron chi connectivity index (χ4n) is 2.28. The highest BCUT2D eigenvalue weighted by molar-refractivity contribution is 5.94. The van der Waals surface area contributed by atoms with Gasteiger partial charge in [-0.25, -0.2) is 4.79 Å². The Morgan fingerprint density at radius 1 is 1.35 bits per heavy atom. The minimum absolute atomic E-state index is 0.297. The van der Waals surface area contributed by atoms with E-state index in [1.165, 1.54) is 13.2 Å². The fourth-order valence-corrected chi connectivity index (χ4v) is 2.28. The number of benzene rings is 1. The minimum Gasteiger partial charge on any atom is -0.465 e. The van der Waals surface area contributed by atoms with Crippen LogP contribution in [-0.2, 0) is 9.53 Å². The molecule has 0 aliphatic rings. The number of esters is 1. The number of amides is 1. The van der Waals surface area contributed by atoms with Crippen molar-refractivity contribution in [2.24, 2.45) is 0 Å². The highest BCUT2D eigenvalue weighted by atomic mass is 16.7. The minimum atomic E-state index is -0.848. The van der Waals surface area contributed by atoms with Gasteiger partial charge in [-0.2, -0.15) is 0 Å². The number of rotatable bonds is 6. The van der Waals surface area contributed by atoms with Crippen molar-refractivity contribution in [1.82, 2.24) is 20.3 Å². The smallest absolute Gasteiger partial charge is 0.337 e. The van der Waals surface area contributed by atoms with Gasteiger partial charge in [0.1, 0.15) is 16.8 Å². The Morgan fingerprint density at radius 3 is 2.81 bits per heavy atom. The van der Waals surface area contributed by atoms with E-state index in [1.807, 2.05) is 0 Å². The van der Waals surface area contributed by atoms with E-state index in [-0.39, 0.29) is 0 Å². The molecule has 2 heterocycles. The average Bonchev–Trinajstić information content (AvgIpc) is 3.24. The van der Waals surface area contributed by atoms with Gasteiger partial charge in [-0.05, 0) is 36.8 Å². The molecular formula is C16H17N5O5. The third-order valence-corrected chi connectivity index (χ3v) is 3.61. The summed E-state index contributed by atoms with van der Waals surface area (Å²) in [6.45, 7) is 3.51. The summed E-state index contributed by atoms with van der Waals surface area (Å²) in [5.41, 5.74) is 1.28. The Balaban J connectivity index is 1.81. The zero-order valence-electron chi connectivity index (χ0n) is 14.4. The molecule has 0 fully saturated rings. The largest absolute Gasteiger partial charge is 0.465 e. The summed E-state index contributed by atoms with van der Waals surface area (Å²) >= 11 is 0. The molecule has 0 saturated carbocycles. The maximum atomic E-state index is 12.4. The molecule has 0 saturated heterocycles. The molecule has 10 heteroatoms. The summed E-state index contributed by atoms with van der Waals surface area (Å²) in [5, 5.41) is 14.2. The Bertz CT molecular complexity index is 948. The van der Waals surface area contributed by atoms with Crippen LogP contribution in [0.4, 0.5) is 5.82 Å². The van der Waals surface area contributed by atoms with Crippen LogP contribution in [0.1, 0.15) is 29.5 Å². The van der Waals surface area contributed by atoms with Crippen molar-refractivity contribution in [2.45, 2.75) is 26.4 Å². The first-order valence-electron chi connectivity index (χ1n) is 7.87. The third kappa shape index (κ3) is 3.48. The van der Waals surface area contributed by atoms with Gasteiger partial charge in [-0.15, -0.1) is 5.10 Å². The van der Waals surface area contributed by atoms with Gasteiger partial charge in [0.15, 0.2) is 5.82 Å². The Kier molecular flexibility index (Phi) is 4.83. The van der Waals surface area contributed by atoms with E-state index in [9.17, 15) is 9.59 Å². The second-order valence-corrected chi connectivity index (χ2v) is 5.47. The Hall–Kier alpha value is -3.43. The first-order chi connectivity index (χ1) is 12.5. The predicted octanol–water partition coefficient (Wildman–Crippen LogP) is 1.36. The highest BCUT2D eigenvalue weighted by Gasteiger charge is 2.22. The molecule has 10 nitrogen and oxygen atoms in total. The number of hydrogen-bond donors (Lipinski definition) is 1. The zero-order chi connectivity index (χ0) is 18.7. The molecule has 1 N–H and O–H groups in total. The quantitative estimate of drug-likeness (QED) is 0.655. The molecule has 0 aliphatic heterocycles. The zero-order valence-corrected chi connectivity index (χ0v) is 14.4. The van der Waals surface area contributed by atoms with Gasteiger partial charge < -0.3 is 19.4 Å². The van der Waals surface area contributed by atoms with E-state index in [1.54, 1.807) is 32.0 Å². The average molecular weight is 359 g/mol. The van der Waals surface area contributed by atoms with Crippen LogP contribution < -0.4 is 10.2 Å². The lowest BCUT2D eigenvalue weighted by Gasteiger charge is -2.15. The lowest BCUT2D eigenvalue weighted by molar-refractivity contribution is -0.128. The molecule has 0 aliphatic carbocycles. The summed E-state index contributed by atoms with van der Waals surface area (Å²) in [7, 11) is 1.29. The van der Waals surface area contributed by atoms with E-state index < -0.39 is 18.0 Å². The molecule has 3 rings (SSSR count). The van der Waals surface area contributed by atoms with Crippen LogP contribution >= 0.6 is 0 Å². The molecule has 136 valence electrons. The number of carbonyl (C=O) groups is 2. The molecule has 2 aromatic heterocycles. The van der Waals surface area contributed by atoms with Crippen LogP contribution in [0.25, 0.3) is 11.0 Å². The fraction of sp³-hybridized carbons (Fsp3) is 0.312. The van der Waals surface area contributed by atoms with Crippen LogP contribution in [0.2, 0.25) is 0 Å². The lowest BCUT2D eigenvalue weighted by atomic mass is 10.2. The van der Waals surface area contributed by atoms with Crippen LogP contribution in [0.15, 0.2) is 28.8 Å². The second kappa shape index (κ2) is 7.21. The van der Waals surface area contributed by atoms with Gasteiger partial charge in [0.25, 0.3) is 5.91 Å². The number of nitrogens with one attached hydrogen (secondary N) is 1. The summed E-state index contributed by atoms with van der Waals surface area (Å²) in [6, 6.07) is 6.32. The number of hydrogen-bond acceptors (Lipinski definition) is 8. The number of aryl methyl sites for hydroxylation is 1. The second-order valence-electron chi connectivity index (χ2n) is 5.47. The topological polar surface area (TPSA) is 121 Å². The van der Waals surface area contributed by atoms with Gasteiger partial charge in [0, 0.05) is 6.07 Å². The summed E-state index contributed by atoms with van der Waals surface area (Å²) < 4.78 is 9.61. The van der Waals surface area contributed by atoms with E-state index >= 15 is 0 Å². The standard InChI is InChI=1S/C16H17N5O5/c1-4-13(15(22)17-14-7-9(2)25-19-14)26-21-12-8-10(16(23)24-3)5-6-11(12)18-20-21/h5-8,13H,4H2,1-3H3,(H,17,19,22). The van der Waals surface area contributed by atoms with Crippen LogP contribution in [0.3, 0.4) is 0 Å². The van der Waals surface area contributed by atoms with Crippen LogP contribution in [0, 0.1) is 6.92 Å². The maximum Gasteiger partial charge on any atom is 0.337 e. The SMILES string of the molecule is CCC(On1nnc2ccc(C(=O)OC)cc21)C(=O)Nc1cc(C)on1. The molecule has 0 bridgehead atoms. The number of fused-ring (bicyclic) bond motifs is 1. The molecule has 1 atom stereocenters. The van der Waals surface area contributed by atoms with Crippen molar-refractivity contribution in [3.05, 3.63) is 35.6 Å². The van der Waals surface area contributed by atoms with Gasteiger partial charge >= 0.3 is 5.97 Å². The van der Waals surface area contributed by atoms with Gasteiger partial charge in [-0.1, -0.05) is 16.9 Å². The first-order valence-corrected chi connectivity index (χ1v) is 7.87. The van der Waals surface area contributed by atoms with Crippen molar-refractivity contribution in [2.75, 3.05) is 12.4 Å². The predicted molar refractivity (Wildman–Crippen MR) is 89.4 cm³/mol. The van der Waals surface area contributed by atoms with Crippen molar-refractivity contribution < 1.29 is 23.7 Å². The number of ether oxygens (including phenoxy) is 1. The van der Waals surface area contributed by atoms with E-state index in [2.05, 4.69) is 20.8 Å². The lowest BCUT2D eigenvalue weighted by Crippen LogP contribution is -2.37. The van der Waals surface area contributed by atoms with Crippen LogP contribution in [-0.4, -0.2) is 45.4 Å². The van der Waals surface area contributed by atoms with Gasteiger partial charge in [0.2, 0.25) is 6.10 Å². The Morgan fingerprint density at radius 2 is 2.15 bits per heavy atom. The number of methoxy groups -OCH3 is 1. The van der Waals surface area contributed by atoms with E-state index in [0.717, 1.165) is 4.85 Å². The van der Waals surface area contributed by atoms with E-state index in [0.29, 0.717) is 34.6 Å². The van der Waals surface area contributed by atoms with Crippen molar-refractivity contribution >= 4 is 28.7 Å². The molecule has 3 aromatic rings. The van der Waals surface area contributed by atoms with Gasteiger partial charge in [0.05, 0.1) is 12.7 Å². The molecule has 1 aromatic carbocycles. The van der Waals surface area contributed by atoms with Crippen molar-refractivity contribution in [3.63, 3.8) is 0 Å². The molecule has 26 heavy (non-hydrogen) atoms. The van der Waals surface area contributed by atoms with Crippen molar-refractivity contribution in [1.29, 1.82) is 0 Å². The molecule has 0 radical (unpaired) electrons. The first kappa shape index (κ1) is 17.4. The number of aromatic nitrogens is 4. The summed E-state index contributed by atoms with van der Waals surface area (Å²) in [6.07, 6.45) is -0.473. The summed E-state index contributed by atoms with van der Waals surface area (Å²) in [5.74, 6) is -0.0303. The number of nitrogens with zero attached hydrogens (tertiary/aromatic N) is 4.